The smallest absolute Gasteiger partial charge is 0.383 e. The Kier molecular flexibility index (Phi) is 5.72. The fraction of sp³-hybridized carbons (Fsp3) is 0.250. The average Bonchev–Trinajstić information content (AvgIpc) is 3.41. The summed E-state index contributed by atoms with van der Waals surface area (Å²) >= 11 is 0. The van der Waals surface area contributed by atoms with E-state index in [0.29, 0.717) is 23.3 Å². The number of fused-ring (bicyclic) bond motifs is 1. The summed E-state index contributed by atoms with van der Waals surface area (Å²) in [7, 11) is 1.70. The summed E-state index contributed by atoms with van der Waals surface area (Å²) in [5.41, 5.74) is 6.58. The molecule has 1 aromatic carbocycles. The van der Waals surface area contributed by atoms with Crippen LogP contribution in [0.1, 0.15) is 40.3 Å². The number of aromatic amines is 1. The Hall–Kier alpha value is -4.00. The van der Waals surface area contributed by atoms with Crippen LogP contribution >= 0.6 is 0 Å². The van der Waals surface area contributed by atoms with E-state index in [-0.39, 0.29) is 28.6 Å². The van der Waals surface area contributed by atoms with Gasteiger partial charge in [0.1, 0.15) is 23.5 Å². The van der Waals surface area contributed by atoms with Crippen LogP contribution in [0, 0.1) is 0 Å². The molecular weight excluding hydrogens is 441 g/mol. The van der Waals surface area contributed by atoms with E-state index in [1.165, 1.54) is 18.5 Å². The topological polar surface area (TPSA) is 148 Å². The van der Waals surface area contributed by atoms with Crippen molar-refractivity contribution in [3.8, 4) is 11.6 Å². The number of halogens is 3. The van der Waals surface area contributed by atoms with Gasteiger partial charge < -0.3 is 25.9 Å². The molecule has 172 valence electrons. The number of benzene rings is 1. The van der Waals surface area contributed by atoms with E-state index >= 15 is 0 Å². The number of nitrogens with one attached hydrogen (secondary N) is 3. The SMILES string of the molecule is CNCc1c(N)ncnc1C(=O)NC(C)c1cc(-c2nc3ccc(C(F)(F)F)cc3[nH]2)on1. The molecule has 0 radical (unpaired) electrons. The maximum atomic E-state index is 12.9. The van der Waals surface area contributed by atoms with Gasteiger partial charge in [0.15, 0.2) is 5.82 Å². The van der Waals surface area contributed by atoms with Gasteiger partial charge in [-0.25, -0.2) is 15.0 Å². The molecule has 0 aliphatic rings. The second-order valence-corrected chi connectivity index (χ2v) is 7.24. The zero-order valence-electron chi connectivity index (χ0n) is 17.5. The number of hydrogen-bond donors (Lipinski definition) is 4. The highest BCUT2D eigenvalue weighted by atomic mass is 19.4. The van der Waals surface area contributed by atoms with Gasteiger partial charge in [0.2, 0.25) is 5.76 Å². The van der Waals surface area contributed by atoms with Gasteiger partial charge in [-0.3, -0.25) is 4.79 Å². The van der Waals surface area contributed by atoms with Gasteiger partial charge in [0, 0.05) is 18.2 Å². The third-order valence-corrected chi connectivity index (χ3v) is 4.91. The minimum Gasteiger partial charge on any atom is -0.383 e. The van der Waals surface area contributed by atoms with Crippen LogP contribution < -0.4 is 16.4 Å². The summed E-state index contributed by atoms with van der Waals surface area (Å²) in [5.74, 6) is 0.133. The Morgan fingerprint density at radius 3 is 2.79 bits per heavy atom. The van der Waals surface area contributed by atoms with Crippen LogP contribution in [-0.4, -0.2) is 38.0 Å². The van der Waals surface area contributed by atoms with Gasteiger partial charge in [-0.05, 0) is 32.2 Å². The summed E-state index contributed by atoms with van der Waals surface area (Å²) in [4.78, 5) is 27.7. The Morgan fingerprint density at radius 1 is 1.27 bits per heavy atom. The van der Waals surface area contributed by atoms with Crippen LogP contribution in [0.5, 0.6) is 0 Å². The van der Waals surface area contributed by atoms with Crippen molar-refractivity contribution in [3.63, 3.8) is 0 Å². The molecule has 1 atom stereocenters. The number of carbonyl (C=O) groups is 1. The van der Waals surface area contributed by atoms with Crippen molar-refractivity contribution in [2.75, 3.05) is 12.8 Å². The van der Waals surface area contributed by atoms with Crippen molar-refractivity contribution in [2.24, 2.45) is 0 Å². The van der Waals surface area contributed by atoms with Crippen molar-refractivity contribution in [1.82, 2.24) is 35.7 Å². The molecule has 0 aliphatic carbocycles. The summed E-state index contributed by atoms with van der Waals surface area (Å²) in [6.07, 6.45) is -3.26. The van der Waals surface area contributed by atoms with Crippen LogP contribution in [0.3, 0.4) is 0 Å². The van der Waals surface area contributed by atoms with Crippen molar-refractivity contribution >= 4 is 22.8 Å². The molecule has 4 aromatic rings. The van der Waals surface area contributed by atoms with Gasteiger partial charge in [0.05, 0.1) is 22.6 Å². The lowest BCUT2D eigenvalue weighted by molar-refractivity contribution is -0.137. The molecule has 0 aliphatic heterocycles. The minimum absolute atomic E-state index is 0.130. The lowest BCUT2D eigenvalue weighted by Crippen LogP contribution is -2.30. The number of rotatable bonds is 6. The first-order valence-corrected chi connectivity index (χ1v) is 9.76. The molecule has 33 heavy (non-hydrogen) atoms. The van der Waals surface area contributed by atoms with Crippen LogP contribution in [-0.2, 0) is 12.7 Å². The highest BCUT2D eigenvalue weighted by molar-refractivity contribution is 5.94. The minimum atomic E-state index is -4.46. The van der Waals surface area contributed by atoms with Gasteiger partial charge in [0.25, 0.3) is 5.91 Å². The lowest BCUT2D eigenvalue weighted by Gasteiger charge is -2.13. The largest absolute Gasteiger partial charge is 0.416 e. The van der Waals surface area contributed by atoms with Gasteiger partial charge in [-0.15, -0.1) is 0 Å². The molecule has 13 heteroatoms. The molecule has 0 saturated heterocycles. The maximum Gasteiger partial charge on any atom is 0.416 e. The summed E-state index contributed by atoms with van der Waals surface area (Å²) < 4.78 is 44.1. The third-order valence-electron chi connectivity index (χ3n) is 4.91. The van der Waals surface area contributed by atoms with E-state index in [1.54, 1.807) is 14.0 Å². The van der Waals surface area contributed by atoms with E-state index in [4.69, 9.17) is 10.3 Å². The number of H-pyrrole nitrogens is 1. The number of imidazole rings is 1. The number of nitrogens with zero attached hydrogens (tertiary/aromatic N) is 4. The molecule has 3 aromatic heterocycles. The standard InChI is InChI=1S/C20H19F3N8O2/c1-9(28-19(32)16-11(7-25-2)17(24)27-8-26-16)13-6-15(33-31-13)18-29-12-4-3-10(20(21,22)23)5-14(12)30-18/h3-6,8-9,25H,7H2,1-2H3,(H,28,32)(H,29,30)(H2,24,26,27). The molecular formula is C20H19F3N8O2. The number of nitrogen functional groups attached to an aromatic ring is 1. The Labute approximate surface area is 184 Å². The molecule has 1 unspecified atom stereocenters. The zero-order chi connectivity index (χ0) is 23.8. The van der Waals surface area contributed by atoms with Crippen LogP contribution in [0.15, 0.2) is 35.1 Å². The number of nitrogens with two attached hydrogens (primary N) is 1. The Balaban J connectivity index is 1.54. The molecule has 1 amide bonds. The monoisotopic (exact) mass is 460 g/mol. The van der Waals surface area contributed by atoms with E-state index in [0.717, 1.165) is 12.1 Å². The zero-order valence-corrected chi connectivity index (χ0v) is 17.5. The second kappa shape index (κ2) is 8.50. The lowest BCUT2D eigenvalue weighted by atomic mass is 10.1. The predicted molar refractivity (Wildman–Crippen MR) is 112 cm³/mol. The van der Waals surface area contributed by atoms with Gasteiger partial charge in [-0.1, -0.05) is 5.16 Å². The number of amides is 1. The first-order valence-electron chi connectivity index (χ1n) is 9.76. The number of hydrogen-bond acceptors (Lipinski definition) is 8. The summed E-state index contributed by atoms with van der Waals surface area (Å²) in [5, 5.41) is 9.62. The summed E-state index contributed by atoms with van der Waals surface area (Å²) in [6.45, 7) is 2.00. The number of anilines is 1. The normalized spacial score (nSPS) is 12.8. The first-order chi connectivity index (χ1) is 15.7. The first kappa shape index (κ1) is 22.2. The van der Waals surface area contributed by atoms with Crippen molar-refractivity contribution in [2.45, 2.75) is 25.7 Å². The van der Waals surface area contributed by atoms with Gasteiger partial charge >= 0.3 is 6.18 Å². The van der Waals surface area contributed by atoms with Gasteiger partial charge in [-0.2, -0.15) is 13.2 Å². The maximum absolute atomic E-state index is 12.9. The Bertz CT molecular complexity index is 1310. The molecule has 0 fully saturated rings. The molecule has 0 spiro atoms. The van der Waals surface area contributed by atoms with E-state index in [1.807, 2.05) is 0 Å². The average molecular weight is 460 g/mol. The molecule has 3 heterocycles. The van der Waals surface area contributed by atoms with Crippen molar-refractivity contribution < 1.29 is 22.5 Å². The molecule has 5 N–H and O–H groups in total. The van der Waals surface area contributed by atoms with E-state index in [2.05, 4.69) is 35.7 Å². The van der Waals surface area contributed by atoms with Crippen molar-refractivity contribution in [3.05, 3.63) is 53.1 Å². The van der Waals surface area contributed by atoms with E-state index < -0.39 is 23.7 Å². The highest BCUT2D eigenvalue weighted by Gasteiger charge is 2.31. The molecule has 10 nitrogen and oxygen atoms in total. The number of carbonyl (C=O) groups excluding carboxylic acids is 1. The molecule has 0 saturated carbocycles. The number of alkyl halides is 3. The second-order valence-electron chi connectivity index (χ2n) is 7.24. The molecule has 0 bridgehead atoms. The molecule has 4 rings (SSSR count). The fourth-order valence-electron chi connectivity index (χ4n) is 3.22. The van der Waals surface area contributed by atoms with Crippen LogP contribution in [0.2, 0.25) is 0 Å². The number of aromatic nitrogens is 5. The van der Waals surface area contributed by atoms with Crippen LogP contribution in [0.25, 0.3) is 22.6 Å². The van der Waals surface area contributed by atoms with Crippen molar-refractivity contribution in [1.29, 1.82) is 0 Å². The predicted octanol–water partition coefficient (Wildman–Crippen LogP) is 2.82. The van der Waals surface area contributed by atoms with E-state index in [9.17, 15) is 18.0 Å². The fourth-order valence-corrected chi connectivity index (χ4v) is 3.22. The highest BCUT2D eigenvalue weighted by Crippen LogP contribution is 2.32. The van der Waals surface area contributed by atoms with Crippen LogP contribution in [0.4, 0.5) is 19.0 Å². The Morgan fingerprint density at radius 2 is 2.06 bits per heavy atom. The third kappa shape index (κ3) is 4.48. The summed E-state index contributed by atoms with van der Waals surface area (Å²) in [6, 6.07) is 4.17. The quantitative estimate of drug-likeness (QED) is 0.343.